The smallest absolute Gasteiger partial charge is 0.342 e. The average Bonchev–Trinajstić information content (AvgIpc) is 2.61. The molecule has 16 heavy (non-hydrogen) atoms. The second kappa shape index (κ2) is 3.91. The average molecular weight is 220 g/mol. The number of rotatable bonds is 1. The van der Waals surface area contributed by atoms with Crippen LogP contribution in [0.1, 0.15) is 32.4 Å². The molecule has 86 valence electrons. The van der Waals surface area contributed by atoms with Crippen LogP contribution in [0.2, 0.25) is 0 Å². The van der Waals surface area contributed by atoms with E-state index in [9.17, 15) is 4.79 Å². The second-order valence-corrected chi connectivity index (χ2v) is 5.06. The van der Waals surface area contributed by atoms with Gasteiger partial charge < -0.3 is 9.47 Å². The van der Waals surface area contributed by atoms with Crippen LogP contribution in [0, 0.1) is 5.41 Å². The van der Waals surface area contributed by atoms with Crippen LogP contribution >= 0.6 is 0 Å². The molecule has 1 heterocycles. The molecule has 1 aliphatic rings. The lowest BCUT2D eigenvalue weighted by Crippen LogP contribution is -2.27. The second-order valence-electron chi connectivity index (χ2n) is 5.06. The van der Waals surface area contributed by atoms with E-state index in [-0.39, 0.29) is 11.4 Å². The van der Waals surface area contributed by atoms with Crippen LogP contribution in [0.15, 0.2) is 30.3 Å². The van der Waals surface area contributed by atoms with Gasteiger partial charge in [-0.05, 0) is 5.56 Å². The maximum Gasteiger partial charge on any atom is 0.342 e. The van der Waals surface area contributed by atoms with Crippen LogP contribution in [-0.4, -0.2) is 12.3 Å². The number of hydrogen-bond acceptors (Lipinski definition) is 3. The minimum Gasteiger partial charge on any atom is -0.433 e. The van der Waals surface area contributed by atoms with Gasteiger partial charge in [0.25, 0.3) is 0 Å². The van der Waals surface area contributed by atoms with E-state index < -0.39 is 12.4 Å². The Morgan fingerprint density at radius 3 is 2.25 bits per heavy atom. The molecule has 1 aromatic rings. The molecule has 0 radical (unpaired) electrons. The van der Waals surface area contributed by atoms with Crippen molar-refractivity contribution >= 4 is 5.97 Å². The van der Waals surface area contributed by atoms with E-state index >= 15 is 0 Å². The SMILES string of the molecule is CC(C)(C)[C@@H]1OC(=O)[C@@H](c2ccccc2)O1. The zero-order chi connectivity index (χ0) is 11.8. The summed E-state index contributed by atoms with van der Waals surface area (Å²) >= 11 is 0. The van der Waals surface area contributed by atoms with Crippen molar-refractivity contribution in [1.82, 2.24) is 0 Å². The maximum atomic E-state index is 11.7. The fourth-order valence-corrected chi connectivity index (χ4v) is 1.60. The number of carbonyl (C=O) groups is 1. The maximum absolute atomic E-state index is 11.7. The Bertz CT molecular complexity index is 378. The lowest BCUT2D eigenvalue weighted by atomic mass is 9.96. The van der Waals surface area contributed by atoms with Gasteiger partial charge in [0.2, 0.25) is 6.29 Å². The lowest BCUT2D eigenvalue weighted by molar-refractivity contribution is -0.154. The van der Waals surface area contributed by atoms with Crippen molar-refractivity contribution in [2.75, 3.05) is 0 Å². The summed E-state index contributed by atoms with van der Waals surface area (Å²) in [6.45, 7) is 5.95. The largest absolute Gasteiger partial charge is 0.433 e. The Labute approximate surface area is 95.4 Å². The summed E-state index contributed by atoms with van der Waals surface area (Å²) in [5.41, 5.74) is 0.651. The standard InChI is InChI=1S/C13H16O3/c1-13(2,3)12-15-10(11(14)16-12)9-7-5-4-6-8-9/h4-8,10,12H,1-3H3/t10-,12+/m1/s1. The lowest BCUT2D eigenvalue weighted by Gasteiger charge is -2.24. The fourth-order valence-electron chi connectivity index (χ4n) is 1.60. The van der Waals surface area contributed by atoms with Crippen LogP contribution in [0.5, 0.6) is 0 Å². The topological polar surface area (TPSA) is 35.5 Å². The van der Waals surface area contributed by atoms with Gasteiger partial charge in [-0.1, -0.05) is 51.1 Å². The summed E-state index contributed by atoms with van der Waals surface area (Å²) in [6, 6.07) is 9.42. The molecule has 1 aliphatic heterocycles. The van der Waals surface area contributed by atoms with Crippen molar-refractivity contribution in [1.29, 1.82) is 0 Å². The van der Waals surface area contributed by atoms with E-state index in [1.807, 2.05) is 51.1 Å². The van der Waals surface area contributed by atoms with Gasteiger partial charge in [-0.3, -0.25) is 0 Å². The number of carbonyl (C=O) groups excluding carboxylic acids is 1. The monoisotopic (exact) mass is 220 g/mol. The normalized spacial score (nSPS) is 25.6. The Kier molecular flexibility index (Phi) is 2.72. The highest BCUT2D eigenvalue weighted by Gasteiger charge is 2.42. The van der Waals surface area contributed by atoms with Crippen LogP contribution in [0.3, 0.4) is 0 Å². The van der Waals surface area contributed by atoms with Crippen molar-refractivity contribution in [3.63, 3.8) is 0 Å². The minimum absolute atomic E-state index is 0.195. The van der Waals surface area contributed by atoms with Crippen LogP contribution < -0.4 is 0 Å². The number of benzene rings is 1. The summed E-state index contributed by atoms with van der Waals surface area (Å²) in [5.74, 6) is -0.300. The number of esters is 1. The third kappa shape index (κ3) is 2.09. The summed E-state index contributed by atoms with van der Waals surface area (Å²) in [6.07, 6.45) is -1.05. The molecule has 2 atom stereocenters. The molecule has 1 fully saturated rings. The van der Waals surface area contributed by atoms with Gasteiger partial charge in [0.1, 0.15) is 0 Å². The van der Waals surface area contributed by atoms with Gasteiger partial charge in [0.05, 0.1) is 0 Å². The number of ether oxygens (including phenoxy) is 2. The third-order valence-corrected chi connectivity index (χ3v) is 2.51. The molecule has 0 unspecified atom stereocenters. The first-order valence-electron chi connectivity index (χ1n) is 5.39. The molecule has 0 aromatic heterocycles. The molecule has 0 saturated carbocycles. The van der Waals surface area contributed by atoms with Crippen LogP contribution in [0.4, 0.5) is 0 Å². The predicted molar refractivity (Wildman–Crippen MR) is 59.6 cm³/mol. The quantitative estimate of drug-likeness (QED) is 0.682. The van der Waals surface area contributed by atoms with E-state index in [4.69, 9.17) is 9.47 Å². The van der Waals surface area contributed by atoms with Gasteiger partial charge in [0, 0.05) is 5.41 Å². The van der Waals surface area contributed by atoms with Crippen molar-refractivity contribution in [3.05, 3.63) is 35.9 Å². The molecular weight excluding hydrogens is 204 g/mol. The van der Waals surface area contributed by atoms with Gasteiger partial charge in [-0.15, -0.1) is 0 Å². The fraction of sp³-hybridized carbons (Fsp3) is 0.462. The van der Waals surface area contributed by atoms with Crippen molar-refractivity contribution in [3.8, 4) is 0 Å². The Hall–Kier alpha value is -1.35. The van der Waals surface area contributed by atoms with Crippen LogP contribution in [0.25, 0.3) is 0 Å². The highest BCUT2D eigenvalue weighted by molar-refractivity contribution is 5.78. The van der Waals surface area contributed by atoms with Gasteiger partial charge in [-0.25, -0.2) is 4.79 Å². The molecule has 0 bridgehead atoms. The Morgan fingerprint density at radius 1 is 1.12 bits per heavy atom. The zero-order valence-electron chi connectivity index (χ0n) is 9.77. The van der Waals surface area contributed by atoms with Crippen molar-refractivity contribution < 1.29 is 14.3 Å². The summed E-state index contributed by atoms with van der Waals surface area (Å²) in [5, 5.41) is 0. The Morgan fingerprint density at radius 2 is 1.75 bits per heavy atom. The summed E-state index contributed by atoms with van der Waals surface area (Å²) in [7, 11) is 0. The molecule has 0 spiro atoms. The molecule has 0 aliphatic carbocycles. The number of hydrogen-bond donors (Lipinski definition) is 0. The molecule has 3 heteroatoms. The first-order valence-corrected chi connectivity index (χ1v) is 5.39. The van der Waals surface area contributed by atoms with Crippen LogP contribution in [-0.2, 0) is 14.3 Å². The predicted octanol–water partition coefficient (Wildman–Crippen LogP) is 2.67. The van der Waals surface area contributed by atoms with E-state index in [1.165, 1.54) is 0 Å². The first-order chi connectivity index (χ1) is 7.48. The van der Waals surface area contributed by atoms with Crippen molar-refractivity contribution in [2.45, 2.75) is 33.2 Å². The minimum atomic E-state index is -0.578. The molecule has 3 nitrogen and oxygen atoms in total. The Balaban J connectivity index is 2.18. The molecule has 1 saturated heterocycles. The van der Waals surface area contributed by atoms with Gasteiger partial charge in [0.15, 0.2) is 6.10 Å². The summed E-state index contributed by atoms with van der Waals surface area (Å²) < 4.78 is 10.9. The highest BCUT2D eigenvalue weighted by Crippen LogP contribution is 2.35. The molecule has 2 rings (SSSR count). The first kappa shape index (κ1) is 11.1. The van der Waals surface area contributed by atoms with Crippen molar-refractivity contribution in [2.24, 2.45) is 5.41 Å². The van der Waals surface area contributed by atoms with E-state index in [0.29, 0.717) is 0 Å². The summed E-state index contributed by atoms with van der Waals surface area (Å²) in [4.78, 5) is 11.7. The molecular formula is C13H16O3. The molecule has 0 N–H and O–H groups in total. The van der Waals surface area contributed by atoms with Gasteiger partial charge >= 0.3 is 5.97 Å². The zero-order valence-corrected chi connectivity index (χ0v) is 9.77. The van der Waals surface area contributed by atoms with Gasteiger partial charge in [-0.2, -0.15) is 0 Å². The molecule has 1 aromatic carbocycles. The number of cyclic esters (lactones) is 1. The third-order valence-electron chi connectivity index (χ3n) is 2.51. The van der Waals surface area contributed by atoms with E-state index in [1.54, 1.807) is 0 Å². The highest BCUT2D eigenvalue weighted by atomic mass is 16.8. The van der Waals surface area contributed by atoms with E-state index in [2.05, 4.69) is 0 Å². The molecule has 0 amide bonds. The van der Waals surface area contributed by atoms with E-state index in [0.717, 1.165) is 5.56 Å².